The lowest BCUT2D eigenvalue weighted by Crippen LogP contribution is -2.15. The fourth-order valence-corrected chi connectivity index (χ4v) is 1.56. The standard InChI is InChI=1S/C12H14ClNO2/c1-2-10(14)7-11(12(15)16)8-3-5-9(13)6-4-8/h3-6,11,14H,2,7H2,1H3,(H,15,16). The largest absolute Gasteiger partial charge is 0.481 e. The van der Waals surface area contributed by atoms with Crippen LogP contribution >= 0.6 is 11.6 Å². The molecule has 0 aliphatic rings. The van der Waals surface area contributed by atoms with Gasteiger partial charge in [0, 0.05) is 17.2 Å². The number of nitrogens with one attached hydrogen (secondary N) is 1. The average molecular weight is 240 g/mol. The number of rotatable bonds is 5. The summed E-state index contributed by atoms with van der Waals surface area (Å²) >= 11 is 5.74. The fourth-order valence-electron chi connectivity index (χ4n) is 1.43. The molecule has 0 aliphatic heterocycles. The summed E-state index contributed by atoms with van der Waals surface area (Å²) in [6.45, 7) is 1.85. The van der Waals surface area contributed by atoms with Crippen molar-refractivity contribution in [2.45, 2.75) is 25.7 Å². The zero-order valence-corrected chi connectivity index (χ0v) is 9.79. The molecule has 16 heavy (non-hydrogen) atoms. The second kappa shape index (κ2) is 5.66. The zero-order valence-electron chi connectivity index (χ0n) is 9.03. The van der Waals surface area contributed by atoms with Crippen molar-refractivity contribution in [3.8, 4) is 0 Å². The van der Waals surface area contributed by atoms with Crippen molar-refractivity contribution in [2.75, 3.05) is 0 Å². The molecule has 1 rings (SSSR count). The number of carboxylic acids is 1. The van der Waals surface area contributed by atoms with Crippen LogP contribution in [-0.4, -0.2) is 16.8 Å². The van der Waals surface area contributed by atoms with Crippen molar-refractivity contribution in [3.05, 3.63) is 34.9 Å². The number of hydrogen-bond acceptors (Lipinski definition) is 2. The van der Waals surface area contributed by atoms with Gasteiger partial charge in [0.2, 0.25) is 0 Å². The van der Waals surface area contributed by atoms with Gasteiger partial charge in [-0.05, 0) is 24.1 Å². The van der Waals surface area contributed by atoms with Gasteiger partial charge in [0.1, 0.15) is 0 Å². The Morgan fingerprint density at radius 2 is 2.00 bits per heavy atom. The molecular formula is C12H14ClNO2. The molecule has 0 fully saturated rings. The molecule has 1 unspecified atom stereocenters. The SMILES string of the molecule is CCC(=N)CC(C(=O)O)c1ccc(Cl)cc1. The van der Waals surface area contributed by atoms with Gasteiger partial charge in [-0.15, -0.1) is 0 Å². The van der Waals surface area contributed by atoms with Crippen molar-refractivity contribution >= 4 is 23.3 Å². The van der Waals surface area contributed by atoms with E-state index in [2.05, 4.69) is 0 Å². The summed E-state index contributed by atoms with van der Waals surface area (Å²) in [6, 6.07) is 6.74. The Labute approximate surface area is 99.6 Å². The Hall–Kier alpha value is -1.35. The van der Waals surface area contributed by atoms with Gasteiger partial charge in [0.05, 0.1) is 5.92 Å². The van der Waals surface area contributed by atoms with Gasteiger partial charge in [0.25, 0.3) is 0 Å². The van der Waals surface area contributed by atoms with Crippen molar-refractivity contribution in [1.82, 2.24) is 0 Å². The van der Waals surface area contributed by atoms with E-state index < -0.39 is 11.9 Å². The molecule has 0 saturated carbocycles. The minimum atomic E-state index is -0.902. The quantitative estimate of drug-likeness (QED) is 0.775. The summed E-state index contributed by atoms with van der Waals surface area (Å²) in [5, 5.41) is 17.3. The highest BCUT2D eigenvalue weighted by atomic mass is 35.5. The molecule has 0 aromatic heterocycles. The monoisotopic (exact) mass is 239 g/mol. The maximum atomic E-state index is 11.1. The second-order valence-electron chi connectivity index (χ2n) is 3.60. The van der Waals surface area contributed by atoms with E-state index in [9.17, 15) is 4.79 Å². The van der Waals surface area contributed by atoms with Crippen LogP contribution in [0.3, 0.4) is 0 Å². The van der Waals surface area contributed by atoms with Gasteiger partial charge >= 0.3 is 5.97 Å². The van der Waals surface area contributed by atoms with E-state index in [0.717, 1.165) is 0 Å². The van der Waals surface area contributed by atoms with Crippen molar-refractivity contribution < 1.29 is 9.90 Å². The van der Waals surface area contributed by atoms with Crippen molar-refractivity contribution in [1.29, 1.82) is 5.41 Å². The van der Waals surface area contributed by atoms with Crippen LogP contribution < -0.4 is 0 Å². The zero-order chi connectivity index (χ0) is 12.1. The third-order valence-corrected chi connectivity index (χ3v) is 2.70. The Bertz CT molecular complexity index is 387. The Morgan fingerprint density at radius 1 is 1.44 bits per heavy atom. The normalized spacial score (nSPS) is 12.1. The van der Waals surface area contributed by atoms with Crippen molar-refractivity contribution in [3.63, 3.8) is 0 Å². The number of halogens is 1. The highest BCUT2D eigenvalue weighted by molar-refractivity contribution is 6.30. The highest BCUT2D eigenvalue weighted by Gasteiger charge is 2.20. The summed E-state index contributed by atoms with van der Waals surface area (Å²) in [5.74, 6) is -1.55. The first-order chi connectivity index (χ1) is 7.54. The minimum Gasteiger partial charge on any atom is -0.481 e. The van der Waals surface area contributed by atoms with Crippen LogP contribution in [0.25, 0.3) is 0 Å². The summed E-state index contributed by atoms with van der Waals surface area (Å²) in [5.41, 5.74) is 1.14. The first kappa shape index (κ1) is 12.7. The minimum absolute atomic E-state index is 0.257. The number of hydrogen-bond donors (Lipinski definition) is 2. The lowest BCUT2D eigenvalue weighted by molar-refractivity contribution is -0.138. The molecule has 0 saturated heterocycles. The van der Waals surface area contributed by atoms with Crippen LogP contribution in [0, 0.1) is 5.41 Å². The summed E-state index contributed by atoms with van der Waals surface area (Å²) in [6.07, 6.45) is 0.838. The number of carbonyl (C=O) groups is 1. The van der Waals surface area contributed by atoms with E-state index in [4.69, 9.17) is 22.1 Å². The first-order valence-corrected chi connectivity index (χ1v) is 5.47. The van der Waals surface area contributed by atoms with E-state index in [0.29, 0.717) is 22.7 Å². The maximum absolute atomic E-state index is 11.1. The smallest absolute Gasteiger partial charge is 0.311 e. The molecule has 1 aromatic rings. The van der Waals surface area contributed by atoms with E-state index in [1.54, 1.807) is 24.3 Å². The van der Waals surface area contributed by atoms with Crippen LogP contribution in [0.2, 0.25) is 5.02 Å². The van der Waals surface area contributed by atoms with Crippen molar-refractivity contribution in [2.24, 2.45) is 0 Å². The molecule has 3 nitrogen and oxygen atoms in total. The molecular weight excluding hydrogens is 226 g/mol. The number of carboxylic acid groups (broad SMARTS) is 1. The third-order valence-electron chi connectivity index (χ3n) is 2.45. The van der Waals surface area contributed by atoms with Crippen LogP contribution in [0.5, 0.6) is 0 Å². The van der Waals surface area contributed by atoms with Gasteiger partial charge < -0.3 is 10.5 Å². The van der Waals surface area contributed by atoms with Gasteiger partial charge in [0.15, 0.2) is 0 Å². The number of aliphatic carboxylic acids is 1. The Balaban J connectivity index is 2.89. The molecule has 4 heteroatoms. The predicted octanol–water partition coefficient (Wildman–Crippen LogP) is 3.33. The molecule has 0 amide bonds. The first-order valence-electron chi connectivity index (χ1n) is 5.09. The van der Waals surface area contributed by atoms with Crippen LogP contribution in [-0.2, 0) is 4.79 Å². The number of benzene rings is 1. The van der Waals surface area contributed by atoms with Gasteiger partial charge in [-0.1, -0.05) is 30.7 Å². The molecule has 86 valence electrons. The lowest BCUT2D eigenvalue weighted by atomic mass is 9.93. The van der Waals surface area contributed by atoms with E-state index >= 15 is 0 Å². The molecule has 2 N–H and O–H groups in total. The van der Waals surface area contributed by atoms with Gasteiger partial charge in [-0.2, -0.15) is 0 Å². The summed E-state index contributed by atoms with van der Waals surface area (Å²) in [4.78, 5) is 11.1. The lowest BCUT2D eigenvalue weighted by Gasteiger charge is -2.12. The molecule has 0 heterocycles. The van der Waals surface area contributed by atoms with Gasteiger partial charge in [-0.25, -0.2) is 0 Å². The molecule has 1 aromatic carbocycles. The molecule has 0 radical (unpaired) electrons. The average Bonchev–Trinajstić information content (AvgIpc) is 2.26. The molecule has 0 bridgehead atoms. The second-order valence-corrected chi connectivity index (χ2v) is 4.04. The van der Waals surface area contributed by atoms with E-state index in [1.165, 1.54) is 0 Å². The predicted molar refractivity (Wildman–Crippen MR) is 64.5 cm³/mol. The van der Waals surface area contributed by atoms with Crippen LogP contribution in [0.4, 0.5) is 0 Å². The van der Waals surface area contributed by atoms with Crippen LogP contribution in [0.1, 0.15) is 31.2 Å². The summed E-state index contributed by atoms with van der Waals surface area (Å²) in [7, 11) is 0. The van der Waals surface area contributed by atoms with Crippen LogP contribution in [0.15, 0.2) is 24.3 Å². The Kier molecular flexibility index (Phi) is 4.50. The molecule has 1 atom stereocenters. The Morgan fingerprint density at radius 3 is 2.44 bits per heavy atom. The fraction of sp³-hybridized carbons (Fsp3) is 0.333. The van der Waals surface area contributed by atoms with E-state index in [1.807, 2.05) is 6.92 Å². The molecule has 0 aliphatic carbocycles. The third kappa shape index (κ3) is 3.35. The topological polar surface area (TPSA) is 61.2 Å². The maximum Gasteiger partial charge on any atom is 0.311 e. The van der Waals surface area contributed by atoms with E-state index in [-0.39, 0.29) is 6.42 Å². The highest BCUT2D eigenvalue weighted by Crippen LogP contribution is 2.22. The summed E-state index contributed by atoms with van der Waals surface area (Å²) < 4.78 is 0. The molecule has 0 spiro atoms. The van der Waals surface area contributed by atoms with Gasteiger partial charge in [-0.3, -0.25) is 4.79 Å².